The lowest BCUT2D eigenvalue weighted by molar-refractivity contribution is -0.122. The Morgan fingerprint density at radius 3 is 2.68 bits per heavy atom. The van der Waals surface area contributed by atoms with Crippen molar-refractivity contribution in [3.8, 4) is 0 Å². The highest BCUT2D eigenvalue weighted by Crippen LogP contribution is 2.33. The van der Waals surface area contributed by atoms with Gasteiger partial charge in [-0.2, -0.15) is 13.2 Å². The number of halogens is 3. The van der Waals surface area contributed by atoms with Crippen molar-refractivity contribution in [2.75, 3.05) is 6.54 Å². The van der Waals surface area contributed by atoms with Crippen molar-refractivity contribution in [2.24, 2.45) is 0 Å². The van der Waals surface area contributed by atoms with Gasteiger partial charge >= 0.3 is 6.18 Å². The average molecular weight is 425 g/mol. The van der Waals surface area contributed by atoms with E-state index in [0.717, 1.165) is 25.2 Å². The van der Waals surface area contributed by atoms with Gasteiger partial charge in [0.05, 0.1) is 6.26 Å². The van der Waals surface area contributed by atoms with Gasteiger partial charge in [0.15, 0.2) is 0 Å². The van der Waals surface area contributed by atoms with Crippen molar-refractivity contribution in [1.29, 1.82) is 0 Å². The van der Waals surface area contributed by atoms with E-state index in [1.165, 1.54) is 22.3 Å². The summed E-state index contributed by atoms with van der Waals surface area (Å²) in [4.78, 5) is 12.6. The zero-order valence-corrected chi connectivity index (χ0v) is 17.1. The second-order valence-electron chi connectivity index (χ2n) is 7.71. The van der Waals surface area contributed by atoms with Crippen LogP contribution in [0, 0.1) is 6.92 Å². The fourth-order valence-corrected chi connectivity index (χ4v) is 3.82. The van der Waals surface area contributed by atoms with Crippen molar-refractivity contribution in [2.45, 2.75) is 32.4 Å². The number of amides is 1. The molecule has 0 bridgehead atoms. The second-order valence-corrected chi connectivity index (χ2v) is 7.71. The topological polar surface area (TPSA) is 38.3 Å². The summed E-state index contributed by atoms with van der Waals surface area (Å²) in [6.45, 7) is 2.57. The fourth-order valence-electron chi connectivity index (χ4n) is 3.82. The number of carbonyl (C=O) groups excluding carboxylic acids is 1. The quantitative estimate of drug-likeness (QED) is 0.642. The highest BCUT2D eigenvalue weighted by molar-refractivity contribution is 5.95. The third kappa shape index (κ3) is 4.74. The Hall–Kier alpha value is -3.28. The molecule has 0 atom stereocenters. The molecule has 1 N–H and O–H groups in total. The molecule has 0 aromatic heterocycles. The lowest BCUT2D eigenvalue weighted by atomic mass is 9.99. The lowest BCUT2D eigenvalue weighted by Crippen LogP contribution is -2.24. The van der Waals surface area contributed by atoms with Crippen LogP contribution >= 0.6 is 0 Å². The summed E-state index contributed by atoms with van der Waals surface area (Å²) in [5.74, 6) is -1.23. The van der Waals surface area contributed by atoms with Gasteiger partial charge in [0.25, 0.3) is 5.91 Å². The molecule has 160 valence electrons. The number of rotatable bonds is 5. The van der Waals surface area contributed by atoms with Crippen molar-refractivity contribution in [1.82, 2.24) is 5.32 Å². The molecular weight excluding hydrogens is 403 g/mol. The predicted octanol–water partition coefficient (Wildman–Crippen LogP) is 5.96. The molecule has 4 rings (SSSR count). The third-order valence-corrected chi connectivity index (χ3v) is 5.47. The summed E-state index contributed by atoms with van der Waals surface area (Å²) >= 11 is 0. The molecule has 1 aliphatic heterocycles. The van der Waals surface area contributed by atoms with Crippen LogP contribution in [-0.4, -0.2) is 18.6 Å². The van der Waals surface area contributed by atoms with Crippen molar-refractivity contribution >= 4 is 17.1 Å². The number of carbonyl (C=O) groups is 1. The van der Waals surface area contributed by atoms with E-state index in [2.05, 4.69) is 36.5 Å². The normalized spacial score (nSPS) is 15.4. The molecule has 1 aliphatic carbocycles. The molecule has 2 aromatic carbocycles. The van der Waals surface area contributed by atoms with Gasteiger partial charge in [-0.25, -0.2) is 0 Å². The minimum atomic E-state index is -4.50. The molecule has 0 spiro atoms. The SMILES string of the molecule is Cc1ccc2c(c1)C(CCNC(=O)c1cccc(C3=COC(C(F)(F)F)=CC3)c1)=CC2. The number of fused-ring (bicyclic) bond motifs is 1. The van der Waals surface area contributed by atoms with E-state index in [1.807, 2.05) is 0 Å². The van der Waals surface area contributed by atoms with Crippen LogP contribution in [0.5, 0.6) is 0 Å². The minimum Gasteiger partial charge on any atom is -0.460 e. The molecule has 0 radical (unpaired) electrons. The number of benzene rings is 2. The number of allylic oxidation sites excluding steroid dienone is 4. The largest absolute Gasteiger partial charge is 0.460 e. The monoisotopic (exact) mass is 425 g/mol. The smallest absolute Gasteiger partial charge is 0.449 e. The number of nitrogens with one attached hydrogen (secondary N) is 1. The van der Waals surface area contributed by atoms with E-state index in [0.29, 0.717) is 23.2 Å². The molecule has 3 nitrogen and oxygen atoms in total. The highest BCUT2D eigenvalue weighted by Gasteiger charge is 2.36. The van der Waals surface area contributed by atoms with E-state index in [-0.39, 0.29) is 12.3 Å². The molecule has 0 fully saturated rings. The first-order valence-electron chi connectivity index (χ1n) is 10.1. The Bertz CT molecular complexity index is 1110. The predicted molar refractivity (Wildman–Crippen MR) is 114 cm³/mol. The van der Waals surface area contributed by atoms with E-state index >= 15 is 0 Å². The van der Waals surface area contributed by atoms with Crippen LogP contribution in [-0.2, 0) is 11.2 Å². The van der Waals surface area contributed by atoms with Crippen LogP contribution in [0.3, 0.4) is 0 Å². The highest BCUT2D eigenvalue weighted by atomic mass is 19.4. The van der Waals surface area contributed by atoms with Crippen molar-refractivity contribution < 1.29 is 22.7 Å². The Morgan fingerprint density at radius 2 is 1.94 bits per heavy atom. The average Bonchev–Trinajstić information content (AvgIpc) is 3.15. The number of ether oxygens (including phenoxy) is 1. The molecule has 31 heavy (non-hydrogen) atoms. The fraction of sp³-hybridized carbons (Fsp3) is 0.240. The molecule has 0 saturated carbocycles. The molecule has 2 aromatic rings. The van der Waals surface area contributed by atoms with Crippen LogP contribution in [0.1, 0.15) is 45.5 Å². The van der Waals surface area contributed by atoms with Gasteiger partial charge in [-0.15, -0.1) is 0 Å². The molecule has 6 heteroatoms. The van der Waals surface area contributed by atoms with Crippen molar-refractivity contribution in [3.63, 3.8) is 0 Å². The number of hydrogen-bond donors (Lipinski definition) is 1. The summed E-state index contributed by atoms with van der Waals surface area (Å²) in [5, 5.41) is 2.94. The summed E-state index contributed by atoms with van der Waals surface area (Å²) in [6.07, 6.45) is 1.57. The number of alkyl halides is 3. The second kappa shape index (κ2) is 8.46. The molecule has 1 heterocycles. The van der Waals surface area contributed by atoms with Crippen LogP contribution in [0.15, 0.2) is 66.6 Å². The Morgan fingerprint density at radius 1 is 1.10 bits per heavy atom. The van der Waals surface area contributed by atoms with E-state index in [4.69, 9.17) is 4.74 Å². The summed E-state index contributed by atoms with van der Waals surface area (Å²) < 4.78 is 42.8. The maximum Gasteiger partial charge on any atom is 0.449 e. The van der Waals surface area contributed by atoms with E-state index in [1.54, 1.807) is 24.3 Å². The van der Waals surface area contributed by atoms with Gasteiger partial charge in [-0.05, 0) is 72.2 Å². The zero-order valence-electron chi connectivity index (χ0n) is 17.1. The van der Waals surface area contributed by atoms with E-state index < -0.39 is 11.9 Å². The standard InChI is InChI=1S/C25H22F3NO2/c1-16-5-6-17-7-8-18(22(17)13-16)11-12-29-24(30)20-4-2-3-19(14-20)21-9-10-23(31-15-21)25(26,27)28/h2-6,8,10,13-15H,7,9,11-12H2,1H3,(H,29,30). The Labute approximate surface area is 178 Å². The molecule has 1 amide bonds. The molecule has 0 unspecified atom stereocenters. The Kier molecular flexibility index (Phi) is 5.72. The first kappa shape index (κ1) is 21.0. The van der Waals surface area contributed by atoms with Crippen LogP contribution in [0.2, 0.25) is 0 Å². The zero-order chi connectivity index (χ0) is 22.0. The first-order chi connectivity index (χ1) is 14.8. The van der Waals surface area contributed by atoms with Gasteiger partial charge in [-0.3, -0.25) is 4.79 Å². The number of aryl methyl sites for hydroxylation is 1. The van der Waals surface area contributed by atoms with Crippen LogP contribution < -0.4 is 5.32 Å². The first-order valence-corrected chi connectivity index (χ1v) is 10.1. The lowest BCUT2D eigenvalue weighted by Gasteiger charge is -2.17. The Balaban J connectivity index is 1.36. The van der Waals surface area contributed by atoms with Crippen LogP contribution in [0.25, 0.3) is 11.1 Å². The minimum absolute atomic E-state index is 0.0902. The van der Waals surface area contributed by atoms with Gasteiger partial charge in [-0.1, -0.05) is 42.0 Å². The van der Waals surface area contributed by atoms with Gasteiger partial charge in [0, 0.05) is 12.1 Å². The van der Waals surface area contributed by atoms with Gasteiger partial charge in [0.1, 0.15) is 0 Å². The summed E-state index contributed by atoms with van der Waals surface area (Å²) in [5.41, 5.74) is 6.73. The van der Waals surface area contributed by atoms with Crippen molar-refractivity contribution in [3.05, 3.63) is 94.5 Å². The maximum atomic E-state index is 12.7. The molecule has 0 saturated heterocycles. The number of hydrogen-bond acceptors (Lipinski definition) is 2. The van der Waals surface area contributed by atoms with E-state index in [9.17, 15) is 18.0 Å². The summed E-state index contributed by atoms with van der Waals surface area (Å²) in [7, 11) is 0. The molecular formula is C25H22F3NO2. The summed E-state index contributed by atoms with van der Waals surface area (Å²) in [6, 6.07) is 13.3. The maximum absolute atomic E-state index is 12.7. The van der Waals surface area contributed by atoms with Gasteiger partial charge < -0.3 is 10.1 Å². The van der Waals surface area contributed by atoms with Gasteiger partial charge in [0.2, 0.25) is 5.76 Å². The third-order valence-electron chi connectivity index (χ3n) is 5.47. The molecule has 2 aliphatic rings. The van der Waals surface area contributed by atoms with Crippen LogP contribution in [0.4, 0.5) is 13.2 Å².